The lowest BCUT2D eigenvalue weighted by Gasteiger charge is -2.29. The molecule has 0 unspecified atom stereocenters. The molecule has 0 atom stereocenters. The van der Waals surface area contributed by atoms with Crippen molar-refractivity contribution in [3.05, 3.63) is 48.2 Å². The first-order valence-corrected chi connectivity index (χ1v) is 7.95. The number of nitrogens with zero attached hydrogens (tertiary/aromatic N) is 2. The molecule has 0 N–H and O–H groups in total. The first-order valence-electron chi connectivity index (χ1n) is 7.95. The molecule has 0 aliphatic carbocycles. The zero-order chi connectivity index (χ0) is 16.4. The van der Waals surface area contributed by atoms with E-state index in [0.717, 1.165) is 17.3 Å². The van der Waals surface area contributed by atoms with Crippen molar-refractivity contribution in [2.45, 2.75) is 32.8 Å². The summed E-state index contributed by atoms with van der Waals surface area (Å²) in [5, 5.41) is 1.16. The van der Waals surface area contributed by atoms with Crippen molar-refractivity contribution in [2.24, 2.45) is 0 Å². The number of amides is 1. The van der Waals surface area contributed by atoms with Gasteiger partial charge in [-0.3, -0.25) is 4.98 Å². The molecule has 0 bridgehead atoms. The third-order valence-electron chi connectivity index (χ3n) is 3.86. The summed E-state index contributed by atoms with van der Waals surface area (Å²) < 4.78 is 5.44. The Morgan fingerprint density at radius 3 is 2.70 bits per heavy atom. The summed E-state index contributed by atoms with van der Waals surface area (Å²) >= 11 is 0. The van der Waals surface area contributed by atoms with Crippen LogP contribution in [0.3, 0.4) is 0 Å². The second-order valence-corrected chi connectivity index (χ2v) is 6.78. The number of pyridine rings is 1. The van der Waals surface area contributed by atoms with Gasteiger partial charge in [0.1, 0.15) is 5.60 Å². The number of para-hydroxylation sites is 1. The van der Waals surface area contributed by atoms with Gasteiger partial charge < -0.3 is 9.64 Å². The largest absolute Gasteiger partial charge is 0.444 e. The standard InChI is InChI=1S/C19H22N2O2/c1-19(2,3)23-18(22)21-12-9-14(10-13-21)15-8-11-20-17-7-5-4-6-16(15)17/h4-9,11H,10,12-13H2,1-3H3. The highest BCUT2D eigenvalue weighted by Gasteiger charge is 2.24. The summed E-state index contributed by atoms with van der Waals surface area (Å²) in [6, 6.07) is 10.2. The van der Waals surface area contributed by atoms with Crippen molar-refractivity contribution in [1.29, 1.82) is 0 Å². The minimum Gasteiger partial charge on any atom is -0.444 e. The van der Waals surface area contributed by atoms with Crippen LogP contribution in [0.25, 0.3) is 16.5 Å². The van der Waals surface area contributed by atoms with Crippen molar-refractivity contribution >= 4 is 22.6 Å². The first-order chi connectivity index (χ1) is 10.9. The Hall–Kier alpha value is -2.36. The van der Waals surface area contributed by atoms with Gasteiger partial charge in [0, 0.05) is 24.7 Å². The molecule has 0 saturated carbocycles. The van der Waals surface area contributed by atoms with Gasteiger partial charge in [-0.2, -0.15) is 0 Å². The molecule has 4 heteroatoms. The van der Waals surface area contributed by atoms with Crippen LogP contribution < -0.4 is 0 Å². The molecule has 0 spiro atoms. The Balaban J connectivity index is 1.80. The number of fused-ring (bicyclic) bond motifs is 1. The van der Waals surface area contributed by atoms with Crippen molar-refractivity contribution in [2.75, 3.05) is 13.1 Å². The Morgan fingerprint density at radius 2 is 2.00 bits per heavy atom. The zero-order valence-electron chi connectivity index (χ0n) is 13.9. The summed E-state index contributed by atoms with van der Waals surface area (Å²) in [7, 11) is 0. The van der Waals surface area contributed by atoms with Crippen LogP contribution in [0.15, 0.2) is 42.6 Å². The van der Waals surface area contributed by atoms with Gasteiger partial charge in [-0.05, 0) is 50.5 Å². The van der Waals surface area contributed by atoms with Crippen LogP contribution in [-0.2, 0) is 4.74 Å². The molecule has 1 aliphatic heterocycles. The van der Waals surface area contributed by atoms with Gasteiger partial charge in [0.25, 0.3) is 0 Å². The molecule has 1 aromatic heterocycles. The molecule has 120 valence electrons. The van der Waals surface area contributed by atoms with Crippen LogP contribution in [0.5, 0.6) is 0 Å². The minimum atomic E-state index is -0.456. The van der Waals surface area contributed by atoms with Gasteiger partial charge in [0.05, 0.1) is 5.52 Å². The van der Waals surface area contributed by atoms with Crippen molar-refractivity contribution in [3.8, 4) is 0 Å². The summed E-state index contributed by atoms with van der Waals surface area (Å²) in [5.74, 6) is 0. The van der Waals surface area contributed by atoms with E-state index in [-0.39, 0.29) is 6.09 Å². The smallest absolute Gasteiger partial charge is 0.410 e. The molecule has 0 saturated heterocycles. The van der Waals surface area contributed by atoms with E-state index in [4.69, 9.17) is 4.74 Å². The van der Waals surface area contributed by atoms with Crippen LogP contribution in [0.4, 0.5) is 4.79 Å². The van der Waals surface area contributed by atoms with Crippen molar-refractivity contribution < 1.29 is 9.53 Å². The van der Waals surface area contributed by atoms with Crippen LogP contribution in [0.2, 0.25) is 0 Å². The predicted molar refractivity (Wildman–Crippen MR) is 92.1 cm³/mol. The van der Waals surface area contributed by atoms with E-state index < -0.39 is 5.60 Å². The molecule has 23 heavy (non-hydrogen) atoms. The normalized spacial score (nSPS) is 15.4. The fraction of sp³-hybridized carbons (Fsp3) is 0.368. The number of rotatable bonds is 1. The molecule has 0 fully saturated rings. The van der Waals surface area contributed by atoms with E-state index in [0.29, 0.717) is 13.1 Å². The summed E-state index contributed by atoms with van der Waals surface area (Å²) in [5.41, 5.74) is 3.02. The van der Waals surface area contributed by atoms with E-state index >= 15 is 0 Å². The monoisotopic (exact) mass is 310 g/mol. The summed E-state index contributed by atoms with van der Waals surface area (Å²) in [6.07, 6.45) is 4.55. The predicted octanol–water partition coefficient (Wildman–Crippen LogP) is 4.26. The Kier molecular flexibility index (Phi) is 4.07. The van der Waals surface area contributed by atoms with E-state index in [9.17, 15) is 4.79 Å². The summed E-state index contributed by atoms with van der Waals surface area (Å²) in [4.78, 5) is 18.3. The van der Waals surface area contributed by atoms with Gasteiger partial charge in [-0.25, -0.2) is 4.79 Å². The first kappa shape index (κ1) is 15.5. The van der Waals surface area contributed by atoms with E-state index in [1.807, 2.05) is 45.2 Å². The maximum absolute atomic E-state index is 12.1. The number of ether oxygens (including phenoxy) is 1. The molecule has 4 nitrogen and oxygen atoms in total. The molecule has 1 amide bonds. The fourth-order valence-electron chi connectivity index (χ4n) is 2.78. The number of aromatic nitrogens is 1. The van der Waals surface area contributed by atoms with Crippen LogP contribution in [-0.4, -0.2) is 34.7 Å². The molecule has 1 aromatic carbocycles. The van der Waals surface area contributed by atoms with Gasteiger partial charge in [0.15, 0.2) is 0 Å². The zero-order valence-corrected chi connectivity index (χ0v) is 13.9. The minimum absolute atomic E-state index is 0.243. The number of hydrogen-bond acceptors (Lipinski definition) is 3. The topological polar surface area (TPSA) is 42.4 Å². The van der Waals surface area contributed by atoms with E-state index in [1.165, 1.54) is 11.1 Å². The van der Waals surface area contributed by atoms with Gasteiger partial charge >= 0.3 is 6.09 Å². The van der Waals surface area contributed by atoms with Crippen molar-refractivity contribution in [1.82, 2.24) is 9.88 Å². The molecule has 1 aliphatic rings. The number of hydrogen-bond donors (Lipinski definition) is 0. The van der Waals surface area contributed by atoms with Crippen LogP contribution >= 0.6 is 0 Å². The SMILES string of the molecule is CC(C)(C)OC(=O)N1CC=C(c2ccnc3ccccc23)CC1. The van der Waals surface area contributed by atoms with E-state index in [1.54, 1.807) is 4.90 Å². The second-order valence-electron chi connectivity index (χ2n) is 6.78. The van der Waals surface area contributed by atoms with E-state index in [2.05, 4.69) is 23.2 Å². The maximum Gasteiger partial charge on any atom is 0.410 e. The molecule has 2 heterocycles. The molecular formula is C19H22N2O2. The highest BCUT2D eigenvalue weighted by molar-refractivity contribution is 5.91. The average Bonchev–Trinajstić information content (AvgIpc) is 2.53. The lowest BCUT2D eigenvalue weighted by molar-refractivity contribution is 0.0270. The van der Waals surface area contributed by atoms with Crippen LogP contribution in [0.1, 0.15) is 32.8 Å². The molecule has 2 aromatic rings. The van der Waals surface area contributed by atoms with Crippen LogP contribution in [0, 0.1) is 0 Å². The number of carbonyl (C=O) groups is 1. The van der Waals surface area contributed by atoms with Crippen molar-refractivity contribution in [3.63, 3.8) is 0 Å². The lowest BCUT2D eigenvalue weighted by Crippen LogP contribution is -2.39. The third kappa shape index (κ3) is 3.52. The Labute approximate surface area is 136 Å². The van der Waals surface area contributed by atoms with Gasteiger partial charge in [-0.1, -0.05) is 24.3 Å². The Bertz CT molecular complexity index is 754. The third-order valence-corrected chi connectivity index (χ3v) is 3.86. The second kappa shape index (κ2) is 6.03. The molecular weight excluding hydrogens is 288 g/mol. The highest BCUT2D eigenvalue weighted by Crippen LogP contribution is 2.28. The lowest BCUT2D eigenvalue weighted by atomic mass is 9.96. The summed E-state index contributed by atoms with van der Waals surface area (Å²) in [6.45, 7) is 6.93. The van der Waals surface area contributed by atoms with Gasteiger partial charge in [0.2, 0.25) is 0 Å². The number of carbonyl (C=O) groups excluding carboxylic acids is 1. The fourth-order valence-corrected chi connectivity index (χ4v) is 2.78. The van der Waals surface area contributed by atoms with Gasteiger partial charge in [-0.15, -0.1) is 0 Å². The Morgan fingerprint density at radius 1 is 1.22 bits per heavy atom. The molecule has 3 rings (SSSR count). The molecule has 0 radical (unpaired) electrons. The highest BCUT2D eigenvalue weighted by atomic mass is 16.6. The maximum atomic E-state index is 12.1. The average molecular weight is 310 g/mol. The number of benzene rings is 1. The quantitative estimate of drug-likeness (QED) is 0.790.